The maximum Gasteiger partial charge on any atom is 0.186 e. The fourth-order valence-corrected chi connectivity index (χ4v) is 2.77. The van der Waals surface area contributed by atoms with Crippen LogP contribution in [0.1, 0.15) is 43.4 Å². The van der Waals surface area contributed by atoms with E-state index in [9.17, 15) is 0 Å². The molecule has 0 saturated carbocycles. The van der Waals surface area contributed by atoms with Gasteiger partial charge in [0.1, 0.15) is 24.7 Å². The van der Waals surface area contributed by atoms with Gasteiger partial charge in [-0.25, -0.2) is 0 Å². The molecule has 0 saturated heterocycles. The van der Waals surface area contributed by atoms with Crippen molar-refractivity contribution in [1.29, 1.82) is 0 Å². The third-order valence-electron chi connectivity index (χ3n) is 4.00. The van der Waals surface area contributed by atoms with Crippen LogP contribution in [0.25, 0.3) is 0 Å². The lowest BCUT2D eigenvalue weighted by Gasteiger charge is -2.15. The van der Waals surface area contributed by atoms with Crippen molar-refractivity contribution in [2.24, 2.45) is 5.10 Å². The number of hydrogen-bond acceptors (Lipinski definition) is 4. The molecule has 28 heavy (non-hydrogen) atoms. The molecule has 0 heterocycles. The lowest BCUT2D eigenvalue weighted by atomic mass is 10.0. The summed E-state index contributed by atoms with van der Waals surface area (Å²) in [5, 5.41) is 7.56. The molecule has 0 fully saturated rings. The Bertz CT molecular complexity index is 789. The smallest absolute Gasteiger partial charge is 0.186 e. The van der Waals surface area contributed by atoms with Crippen molar-refractivity contribution in [3.63, 3.8) is 0 Å². The van der Waals surface area contributed by atoms with Gasteiger partial charge in [0, 0.05) is 6.54 Å². The van der Waals surface area contributed by atoms with Crippen LogP contribution in [0.5, 0.6) is 11.5 Å². The zero-order chi connectivity index (χ0) is 20.4. The first kappa shape index (κ1) is 21.7. The molecule has 6 heteroatoms. The molecule has 0 atom stereocenters. The Morgan fingerprint density at radius 1 is 1.11 bits per heavy atom. The highest BCUT2D eigenvalue weighted by atomic mass is 32.1. The van der Waals surface area contributed by atoms with Gasteiger partial charge in [-0.15, -0.1) is 0 Å². The number of rotatable bonds is 9. The fraction of sp³-hybridized carbons (Fsp3) is 0.364. The Labute approximate surface area is 173 Å². The molecule has 0 amide bonds. The van der Waals surface area contributed by atoms with Gasteiger partial charge in [-0.3, -0.25) is 5.43 Å². The Morgan fingerprint density at radius 3 is 2.50 bits per heavy atom. The quantitative estimate of drug-likeness (QED) is 0.283. The number of hydrogen-bond donors (Lipinski definition) is 2. The third kappa shape index (κ3) is 7.19. The minimum Gasteiger partial charge on any atom is -0.490 e. The minimum absolute atomic E-state index is 0.423. The number of ether oxygens (including phenoxy) is 2. The van der Waals surface area contributed by atoms with Crippen LogP contribution in [0, 0.1) is 6.92 Å². The molecule has 2 aromatic carbocycles. The molecule has 0 unspecified atom stereocenters. The van der Waals surface area contributed by atoms with Crippen molar-refractivity contribution >= 4 is 23.5 Å². The maximum atomic E-state index is 5.95. The van der Waals surface area contributed by atoms with E-state index >= 15 is 0 Å². The SMILES string of the molecule is CCNC(=S)N/N=C/c1ccc(OCCOc2cc(C)ccc2C(C)C)cc1. The molecular weight excluding hydrogens is 370 g/mol. The molecule has 0 aliphatic heterocycles. The predicted octanol–water partition coefficient (Wildman–Crippen LogP) is 4.39. The first-order valence-corrected chi connectivity index (χ1v) is 9.93. The zero-order valence-corrected chi connectivity index (χ0v) is 17.8. The van der Waals surface area contributed by atoms with E-state index in [1.165, 1.54) is 11.1 Å². The van der Waals surface area contributed by atoms with Crippen LogP contribution >= 0.6 is 12.2 Å². The average molecular weight is 400 g/mol. The number of benzene rings is 2. The number of nitrogens with one attached hydrogen (secondary N) is 2. The molecule has 5 nitrogen and oxygen atoms in total. The zero-order valence-electron chi connectivity index (χ0n) is 17.0. The standard InChI is InChI=1S/C22H29N3O2S/c1-5-23-22(28)25-24-15-18-7-9-19(10-8-18)26-12-13-27-21-14-17(4)6-11-20(21)16(2)3/h6-11,14-16H,5,12-13H2,1-4H3,(H2,23,25,28)/b24-15+. The Kier molecular flexibility index (Phi) is 8.75. The summed E-state index contributed by atoms with van der Waals surface area (Å²) in [7, 11) is 0. The van der Waals surface area contributed by atoms with Crippen molar-refractivity contribution < 1.29 is 9.47 Å². The van der Waals surface area contributed by atoms with Crippen molar-refractivity contribution in [1.82, 2.24) is 10.7 Å². The lowest BCUT2D eigenvalue weighted by Crippen LogP contribution is -2.31. The predicted molar refractivity (Wildman–Crippen MR) is 120 cm³/mol. The normalized spacial score (nSPS) is 10.9. The van der Waals surface area contributed by atoms with Gasteiger partial charge in [-0.05, 0) is 79.0 Å². The summed E-state index contributed by atoms with van der Waals surface area (Å²) in [6.45, 7) is 10.1. The maximum absolute atomic E-state index is 5.95. The molecule has 2 N–H and O–H groups in total. The van der Waals surface area contributed by atoms with Crippen LogP contribution < -0.4 is 20.2 Å². The van der Waals surface area contributed by atoms with Crippen LogP contribution in [0.15, 0.2) is 47.6 Å². The molecule has 0 spiro atoms. The Balaban J connectivity index is 1.79. The third-order valence-corrected chi connectivity index (χ3v) is 4.23. The Morgan fingerprint density at radius 2 is 1.82 bits per heavy atom. The van der Waals surface area contributed by atoms with Crippen LogP contribution in [0.4, 0.5) is 0 Å². The molecule has 0 radical (unpaired) electrons. The minimum atomic E-state index is 0.423. The average Bonchev–Trinajstić information content (AvgIpc) is 2.66. The highest BCUT2D eigenvalue weighted by Crippen LogP contribution is 2.27. The summed E-state index contributed by atoms with van der Waals surface area (Å²) in [5.74, 6) is 2.16. The van der Waals surface area contributed by atoms with Gasteiger partial charge < -0.3 is 14.8 Å². The van der Waals surface area contributed by atoms with Crippen LogP contribution in [0.3, 0.4) is 0 Å². The van der Waals surface area contributed by atoms with E-state index in [0.29, 0.717) is 24.2 Å². The van der Waals surface area contributed by atoms with Gasteiger partial charge in [-0.2, -0.15) is 5.10 Å². The first-order chi connectivity index (χ1) is 13.5. The van der Waals surface area contributed by atoms with Gasteiger partial charge in [-0.1, -0.05) is 26.0 Å². The van der Waals surface area contributed by atoms with Gasteiger partial charge in [0.25, 0.3) is 0 Å². The number of hydrazone groups is 1. The number of thiocarbonyl (C=S) groups is 1. The van der Waals surface area contributed by atoms with Crippen molar-refractivity contribution in [3.8, 4) is 11.5 Å². The molecule has 150 valence electrons. The molecular formula is C22H29N3O2S. The van der Waals surface area contributed by atoms with Crippen LogP contribution in [-0.2, 0) is 0 Å². The Hall–Kier alpha value is -2.60. The van der Waals surface area contributed by atoms with Crippen molar-refractivity contribution in [3.05, 3.63) is 59.2 Å². The van der Waals surface area contributed by atoms with Gasteiger partial charge in [0.2, 0.25) is 0 Å². The second-order valence-corrected chi connectivity index (χ2v) is 7.10. The molecule has 2 aromatic rings. The monoisotopic (exact) mass is 399 g/mol. The molecule has 0 aliphatic carbocycles. The van der Waals surface area contributed by atoms with E-state index in [0.717, 1.165) is 23.6 Å². The van der Waals surface area contributed by atoms with Gasteiger partial charge in [0.15, 0.2) is 5.11 Å². The highest BCUT2D eigenvalue weighted by Gasteiger charge is 2.08. The first-order valence-electron chi connectivity index (χ1n) is 9.52. The van der Waals surface area contributed by atoms with E-state index in [-0.39, 0.29) is 0 Å². The largest absolute Gasteiger partial charge is 0.490 e. The van der Waals surface area contributed by atoms with Crippen molar-refractivity contribution in [2.45, 2.75) is 33.6 Å². The highest BCUT2D eigenvalue weighted by molar-refractivity contribution is 7.80. The van der Waals surface area contributed by atoms with Crippen LogP contribution in [-0.4, -0.2) is 31.1 Å². The molecule has 0 aliphatic rings. The number of aryl methyl sites for hydroxylation is 1. The summed E-state index contributed by atoms with van der Waals surface area (Å²) >= 11 is 5.05. The summed E-state index contributed by atoms with van der Waals surface area (Å²) < 4.78 is 11.7. The second-order valence-electron chi connectivity index (χ2n) is 6.69. The van der Waals surface area contributed by atoms with E-state index in [4.69, 9.17) is 21.7 Å². The molecule has 0 aromatic heterocycles. The van der Waals surface area contributed by atoms with Gasteiger partial charge >= 0.3 is 0 Å². The molecule has 0 bridgehead atoms. The number of nitrogens with zero attached hydrogens (tertiary/aromatic N) is 1. The topological polar surface area (TPSA) is 54.9 Å². The second kappa shape index (κ2) is 11.3. The summed E-state index contributed by atoms with van der Waals surface area (Å²) in [4.78, 5) is 0. The molecule has 2 rings (SSSR count). The lowest BCUT2D eigenvalue weighted by molar-refractivity contribution is 0.215. The van der Waals surface area contributed by atoms with Crippen LogP contribution in [0.2, 0.25) is 0 Å². The summed E-state index contributed by atoms with van der Waals surface area (Å²) in [6.07, 6.45) is 1.71. The van der Waals surface area contributed by atoms with E-state index < -0.39 is 0 Å². The summed E-state index contributed by atoms with van der Waals surface area (Å²) in [5.41, 5.74) is 6.13. The van der Waals surface area contributed by atoms with Gasteiger partial charge in [0.05, 0.1) is 6.21 Å². The summed E-state index contributed by atoms with van der Waals surface area (Å²) in [6, 6.07) is 14.0. The fourth-order valence-electron chi connectivity index (χ4n) is 2.57. The van der Waals surface area contributed by atoms with E-state index in [1.54, 1.807) is 6.21 Å². The van der Waals surface area contributed by atoms with Crippen molar-refractivity contribution in [2.75, 3.05) is 19.8 Å². The van der Waals surface area contributed by atoms with E-state index in [1.807, 2.05) is 31.2 Å². The van der Waals surface area contributed by atoms with E-state index in [2.05, 4.69) is 54.8 Å².